The minimum absolute atomic E-state index is 0.486. The van der Waals surface area contributed by atoms with Gasteiger partial charge in [0.2, 0.25) is 0 Å². The van der Waals surface area contributed by atoms with Crippen molar-refractivity contribution in [2.75, 3.05) is 7.11 Å². The van der Waals surface area contributed by atoms with Gasteiger partial charge >= 0.3 is 0 Å². The van der Waals surface area contributed by atoms with Crippen molar-refractivity contribution in [3.8, 4) is 0 Å². The summed E-state index contributed by atoms with van der Waals surface area (Å²) < 4.78 is 10.3. The molecule has 1 aromatic heterocycles. The van der Waals surface area contributed by atoms with Crippen LogP contribution in [0.4, 0.5) is 0 Å². The molecular weight excluding hydrogens is 168 g/mol. The van der Waals surface area contributed by atoms with Crippen LogP contribution in [0.3, 0.4) is 0 Å². The summed E-state index contributed by atoms with van der Waals surface area (Å²) in [6, 6.07) is 1.89. The van der Waals surface area contributed by atoms with Crippen molar-refractivity contribution in [3.05, 3.63) is 23.7 Å². The first kappa shape index (κ1) is 8.78. The molecule has 1 heterocycles. The highest BCUT2D eigenvalue weighted by Gasteiger charge is 2.41. The third kappa shape index (κ3) is 1.92. The Balaban J connectivity index is 2.06. The van der Waals surface area contributed by atoms with E-state index in [2.05, 4.69) is 0 Å². The Kier molecular flexibility index (Phi) is 2.14. The lowest BCUT2D eigenvalue weighted by Gasteiger charge is -2.06. The second kappa shape index (κ2) is 3.16. The minimum atomic E-state index is -0.486. The topological polar surface area (TPSA) is 42.6 Å². The number of rotatable bonds is 4. The van der Waals surface area contributed by atoms with Gasteiger partial charge in [-0.2, -0.15) is 0 Å². The van der Waals surface area contributed by atoms with Gasteiger partial charge < -0.3 is 14.3 Å². The molecule has 3 heteroatoms. The van der Waals surface area contributed by atoms with Crippen LogP contribution in [0, 0.1) is 0 Å². The van der Waals surface area contributed by atoms with Crippen LogP contribution in [0.2, 0.25) is 0 Å². The fourth-order valence-corrected chi connectivity index (χ4v) is 1.43. The van der Waals surface area contributed by atoms with Crippen molar-refractivity contribution in [2.45, 2.75) is 31.5 Å². The average Bonchev–Trinajstić information content (AvgIpc) is 2.65. The first-order valence-corrected chi connectivity index (χ1v) is 4.50. The third-order valence-electron chi connectivity index (χ3n) is 2.45. The maximum absolute atomic E-state index is 9.69. The van der Waals surface area contributed by atoms with Crippen molar-refractivity contribution in [1.29, 1.82) is 0 Å². The maximum atomic E-state index is 9.69. The molecule has 1 aliphatic carbocycles. The highest BCUT2D eigenvalue weighted by molar-refractivity contribution is 5.19. The maximum Gasteiger partial charge on any atom is 0.112 e. The summed E-state index contributed by atoms with van der Waals surface area (Å²) in [5.74, 6) is 0.863. The molecule has 0 amide bonds. The van der Waals surface area contributed by atoms with Gasteiger partial charge in [0.25, 0.3) is 0 Å². The van der Waals surface area contributed by atoms with Gasteiger partial charge in [-0.15, -0.1) is 0 Å². The average molecular weight is 182 g/mol. The van der Waals surface area contributed by atoms with E-state index in [4.69, 9.17) is 9.15 Å². The molecule has 1 fully saturated rings. The molecule has 3 nitrogen and oxygen atoms in total. The van der Waals surface area contributed by atoms with Crippen LogP contribution in [-0.2, 0) is 17.8 Å². The molecule has 1 N–H and O–H groups in total. The van der Waals surface area contributed by atoms with E-state index in [9.17, 15) is 5.11 Å². The fourth-order valence-electron chi connectivity index (χ4n) is 1.43. The van der Waals surface area contributed by atoms with Crippen LogP contribution in [0.25, 0.3) is 0 Å². The van der Waals surface area contributed by atoms with E-state index in [1.165, 1.54) is 0 Å². The molecule has 0 saturated heterocycles. The van der Waals surface area contributed by atoms with Gasteiger partial charge in [-0.1, -0.05) is 0 Å². The molecule has 0 aromatic carbocycles. The Morgan fingerprint density at radius 2 is 2.38 bits per heavy atom. The molecule has 1 saturated carbocycles. The quantitative estimate of drug-likeness (QED) is 0.767. The Labute approximate surface area is 77.3 Å². The minimum Gasteiger partial charge on any atom is -0.469 e. The Morgan fingerprint density at radius 3 is 3.00 bits per heavy atom. The van der Waals surface area contributed by atoms with Crippen molar-refractivity contribution < 1.29 is 14.3 Å². The summed E-state index contributed by atoms with van der Waals surface area (Å²) in [5, 5.41) is 9.69. The lowest BCUT2D eigenvalue weighted by molar-refractivity contribution is 0.140. The van der Waals surface area contributed by atoms with E-state index < -0.39 is 5.60 Å². The molecule has 0 atom stereocenters. The van der Waals surface area contributed by atoms with Crippen LogP contribution in [0.1, 0.15) is 24.2 Å². The molecule has 0 aliphatic heterocycles. The highest BCUT2D eigenvalue weighted by atomic mass is 16.5. The largest absolute Gasteiger partial charge is 0.469 e. The zero-order chi connectivity index (χ0) is 9.31. The van der Waals surface area contributed by atoms with E-state index >= 15 is 0 Å². The molecule has 2 rings (SSSR count). The predicted octanol–water partition coefficient (Wildman–Crippen LogP) is 1.49. The lowest BCUT2D eigenvalue weighted by atomic mass is 10.1. The first-order valence-electron chi connectivity index (χ1n) is 4.50. The van der Waals surface area contributed by atoms with Gasteiger partial charge in [-0.05, 0) is 18.9 Å². The number of furan rings is 1. The molecular formula is C10H14O3. The zero-order valence-electron chi connectivity index (χ0n) is 7.75. The molecule has 13 heavy (non-hydrogen) atoms. The van der Waals surface area contributed by atoms with Crippen molar-refractivity contribution in [3.63, 3.8) is 0 Å². The number of methoxy groups -OCH3 is 1. The van der Waals surface area contributed by atoms with Crippen LogP contribution >= 0.6 is 0 Å². The molecule has 0 radical (unpaired) electrons. The van der Waals surface area contributed by atoms with Crippen LogP contribution in [0.5, 0.6) is 0 Å². The summed E-state index contributed by atoms with van der Waals surface area (Å²) in [6.45, 7) is 0.557. The highest BCUT2D eigenvalue weighted by Crippen LogP contribution is 2.39. The second-order valence-corrected chi connectivity index (χ2v) is 3.70. The van der Waals surface area contributed by atoms with Gasteiger partial charge in [0, 0.05) is 19.1 Å². The second-order valence-electron chi connectivity index (χ2n) is 3.70. The van der Waals surface area contributed by atoms with Gasteiger partial charge in [0.1, 0.15) is 5.76 Å². The fraction of sp³-hybridized carbons (Fsp3) is 0.600. The molecule has 72 valence electrons. The van der Waals surface area contributed by atoms with Gasteiger partial charge in [0.05, 0.1) is 18.5 Å². The summed E-state index contributed by atoms with van der Waals surface area (Å²) in [6.07, 6.45) is 4.05. The SMILES string of the molecule is COCc1ccoc1CC1(O)CC1. The molecule has 0 spiro atoms. The Morgan fingerprint density at radius 1 is 1.62 bits per heavy atom. The van der Waals surface area contributed by atoms with Crippen LogP contribution < -0.4 is 0 Å². The molecule has 1 aliphatic rings. The summed E-state index contributed by atoms with van der Waals surface area (Å²) in [4.78, 5) is 0. The van der Waals surface area contributed by atoms with Gasteiger partial charge in [-0.3, -0.25) is 0 Å². The van der Waals surface area contributed by atoms with E-state index in [0.717, 1.165) is 24.2 Å². The zero-order valence-corrected chi connectivity index (χ0v) is 7.75. The smallest absolute Gasteiger partial charge is 0.112 e. The van der Waals surface area contributed by atoms with Crippen LogP contribution in [-0.4, -0.2) is 17.8 Å². The van der Waals surface area contributed by atoms with Crippen molar-refractivity contribution >= 4 is 0 Å². The number of hydrogen-bond acceptors (Lipinski definition) is 3. The van der Waals surface area contributed by atoms with E-state index in [1.54, 1.807) is 13.4 Å². The molecule has 0 unspecified atom stereocenters. The Hall–Kier alpha value is -0.800. The van der Waals surface area contributed by atoms with Crippen molar-refractivity contribution in [2.24, 2.45) is 0 Å². The number of hydrogen-bond donors (Lipinski definition) is 1. The lowest BCUT2D eigenvalue weighted by Crippen LogP contribution is -2.11. The number of ether oxygens (including phenoxy) is 1. The Bertz CT molecular complexity index is 286. The first-order chi connectivity index (χ1) is 6.23. The van der Waals surface area contributed by atoms with E-state index in [-0.39, 0.29) is 0 Å². The van der Waals surface area contributed by atoms with Crippen LogP contribution in [0.15, 0.2) is 16.7 Å². The summed E-state index contributed by atoms with van der Waals surface area (Å²) >= 11 is 0. The third-order valence-corrected chi connectivity index (χ3v) is 2.45. The monoisotopic (exact) mass is 182 g/mol. The summed E-state index contributed by atoms with van der Waals surface area (Å²) in [7, 11) is 1.66. The predicted molar refractivity (Wildman–Crippen MR) is 47.3 cm³/mol. The standard InChI is InChI=1S/C10H14O3/c1-12-7-8-2-5-13-9(8)6-10(11)3-4-10/h2,5,11H,3-4,6-7H2,1H3. The number of aliphatic hydroxyl groups is 1. The van der Waals surface area contributed by atoms with Crippen molar-refractivity contribution in [1.82, 2.24) is 0 Å². The van der Waals surface area contributed by atoms with E-state index in [1.807, 2.05) is 6.07 Å². The van der Waals surface area contributed by atoms with Gasteiger partial charge in [-0.25, -0.2) is 0 Å². The summed E-state index contributed by atoms with van der Waals surface area (Å²) in [5.41, 5.74) is 0.559. The van der Waals surface area contributed by atoms with E-state index in [0.29, 0.717) is 13.0 Å². The molecule has 1 aromatic rings. The molecule has 0 bridgehead atoms. The van der Waals surface area contributed by atoms with Gasteiger partial charge in [0.15, 0.2) is 0 Å². The normalized spacial score (nSPS) is 18.9.